The van der Waals surface area contributed by atoms with Crippen LogP contribution in [0.3, 0.4) is 0 Å². The van der Waals surface area contributed by atoms with Gasteiger partial charge in [-0.15, -0.1) is 0 Å². The molecule has 2 aliphatic carbocycles. The summed E-state index contributed by atoms with van der Waals surface area (Å²) >= 11 is 0. The van der Waals surface area contributed by atoms with Gasteiger partial charge in [0.05, 0.1) is 6.10 Å². The predicted octanol–water partition coefficient (Wildman–Crippen LogP) is 3.34. The molecule has 3 unspecified atom stereocenters. The monoisotopic (exact) mass is 261 g/mol. The minimum absolute atomic E-state index is 0.0181. The fraction of sp³-hybridized carbons (Fsp3) is 1.00. The second-order valence-electron chi connectivity index (χ2n) is 5.98. The Hall–Kier alpha value is -0.220. The van der Waals surface area contributed by atoms with Crippen molar-refractivity contribution in [2.75, 3.05) is 6.61 Å². The summed E-state index contributed by atoms with van der Waals surface area (Å²) in [5.41, 5.74) is 6.19. The first kappa shape index (κ1) is 14.2. The van der Waals surface area contributed by atoms with E-state index in [0.717, 1.165) is 6.42 Å². The van der Waals surface area contributed by atoms with E-state index in [1.807, 2.05) is 6.92 Å². The van der Waals surface area contributed by atoms with Crippen molar-refractivity contribution in [3.05, 3.63) is 0 Å². The van der Waals surface area contributed by atoms with Crippen LogP contribution >= 0.6 is 0 Å². The van der Waals surface area contributed by atoms with Crippen LogP contribution in [-0.2, 0) is 4.74 Å². The molecule has 4 heteroatoms. The van der Waals surface area contributed by atoms with E-state index < -0.39 is 5.92 Å². The third kappa shape index (κ3) is 3.89. The summed E-state index contributed by atoms with van der Waals surface area (Å²) < 4.78 is 32.4. The molecular formula is C14H25F2NO. The Kier molecular flexibility index (Phi) is 4.59. The van der Waals surface area contributed by atoms with E-state index in [-0.39, 0.29) is 30.9 Å². The lowest BCUT2D eigenvalue weighted by molar-refractivity contribution is -0.0584. The van der Waals surface area contributed by atoms with Crippen LogP contribution in [0, 0.1) is 11.8 Å². The third-order valence-electron chi connectivity index (χ3n) is 4.22. The van der Waals surface area contributed by atoms with E-state index in [0.29, 0.717) is 25.4 Å². The van der Waals surface area contributed by atoms with E-state index in [1.165, 1.54) is 12.8 Å². The molecular weight excluding hydrogens is 236 g/mol. The molecule has 0 bridgehead atoms. The Bertz CT molecular complexity index is 269. The van der Waals surface area contributed by atoms with E-state index in [4.69, 9.17) is 10.5 Å². The number of ether oxygens (including phenoxy) is 1. The molecule has 2 aliphatic rings. The molecule has 0 radical (unpaired) electrons. The summed E-state index contributed by atoms with van der Waals surface area (Å²) in [5, 5.41) is 0. The van der Waals surface area contributed by atoms with E-state index in [9.17, 15) is 8.78 Å². The Morgan fingerprint density at radius 2 is 2.06 bits per heavy atom. The summed E-state index contributed by atoms with van der Waals surface area (Å²) in [7, 11) is 0. The van der Waals surface area contributed by atoms with Gasteiger partial charge in [0.2, 0.25) is 5.92 Å². The van der Waals surface area contributed by atoms with Crippen LogP contribution in [0.25, 0.3) is 0 Å². The molecule has 2 fully saturated rings. The molecule has 0 aliphatic heterocycles. The second-order valence-corrected chi connectivity index (χ2v) is 5.98. The number of hydrogen-bond donors (Lipinski definition) is 1. The SMILES string of the molecule is CCOC(C(N)CC1CCCC(F)(F)C1)C1CC1. The van der Waals surface area contributed by atoms with E-state index >= 15 is 0 Å². The van der Waals surface area contributed by atoms with Crippen LogP contribution in [0.4, 0.5) is 8.78 Å². The van der Waals surface area contributed by atoms with Crippen LogP contribution < -0.4 is 5.73 Å². The molecule has 0 aromatic rings. The van der Waals surface area contributed by atoms with Gasteiger partial charge in [0.1, 0.15) is 0 Å². The third-order valence-corrected chi connectivity index (χ3v) is 4.22. The fourth-order valence-electron chi connectivity index (χ4n) is 3.22. The van der Waals surface area contributed by atoms with Crippen molar-refractivity contribution >= 4 is 0 Å². The Balaban J connectivity index is 1.83. The summed E-state index contributed by atoms with van der Waals surface area (Å²) in [6.45, 7) is 2.63. The largest absolute Gasteiger partial charge is 0.377 e. The zero-order valence-corrected chi connectivity index (χ0v) is 11.2. The highest BCUT2D eigenvalue weighted by molar-refractivity contribution is 4.91. The molecule has 18 heavy (non-hydrogen) atoms. The topological polar surface area (TPSA) is 35.2 Å². The van der Waals surface area contributed by atoms with Crippen molar-refractivity contribution in [1.29, 1.82) is 0 Å². The lowest BCUT2D eigenvalue weighted by Gasteiger charge is -2.32. The number of rotatable bonds is 6. The lowest BCUT2D eigenvalue weighted by atomic mass is 9.81. The zero-order chi connectivity index (χ0) is 13.2. The van der Waals surface area contributed by atoms with Crippen molar-refractivity contribution in [1.82, 2.24) is 0 Å². The first-order valence-electron chi connectivity index (χ1n) is 7.27. The molecule has 106 valence electrons. The molecule has 2 nitrogen and oxygen atoms in total. The highest BCUT2D eigenvalue weighted by Gasteiger charge is 2.40. The Labute approximate surface area is 108 Å². The molecule has 2 N–H and O–H groups in total. The van der Waals surface area contributed by atoms with Crippen molar-refractivity contribution in [2.24, 2.45) is 17.6 Å². The van der Waals surface area contributed by atoms with Gasteiger partial charge in [-0.25, -0.2) is 8.78 Å². The number of halogens is 2. The molecule has 0 aromatic carbocycles. The van der Waals surface area contributed by atoms with Crippen molar-refractivity contribution < 1.29 is 13.5 Å². The highest BCUT2D eigenvalue weighted by atomic mass is 19.3. The van der Waals surface area contributed by atoms with E-state index in [2.05, 4.69) is 0 Å². The van der Waals surface area contributed by atoms with Gasteiger partial charge >= 0.3 is 0 Å². The number of alkyl halides is 2. The normalized spacial score (nSPS) is 31.0. The standard InChI is InChI=1S/C14H25F2NO/c1-2-18-13(11-5-6-11)12(17)8-10-4-3-7-14(15,16)9-10/h10-13H,2-9,17H2,1H3. The van der Waals surface area contributed by atoms with Crippen molar-refractivity contribution in [2.45, 2.75) is 69.9 Å². The smallest absolute Gasteiger partial charge is 0.248 e. The molecule has 2 saturated carbocycles. The van der Waals surface area contributed by atoms with Crippen LogP contribution in [0.2, 0.25) is 0 Å². The molecule has 0 saturated heterocycles. The first-order valence-corrected chi connectivity index (χ1v) is 7.27. The molecule has 0 amide bonds. The highest BCUT2D eigenvalue weighted by Crippen LogP contribution is 2.41. The first-order chi connectivity index (χ1) is 8.52. The van der Waals surface area contributed by atoms with Crippen LogP contribution in [0.5, 0.6) is 0 Å². The van der Waals surface area contributed by atoms with Crippen LogP contribution in [-0.4, -0.2) is 24.7 Å². The maximum absolute atomic E-state index is 13.4. The average molecular weight is 261 g/mol. The van der Waals surface area contributed by atoms with Gasteiger partial charge < -0.3 is 10.5 Å². The lowest BCUT2D eigenvalue weighted by Crippen LogP contribution is -2.41. The predicted molar refractivity (Wildman–Crippen MR) is 67.6 cm³/mol. The summed E-state index contributed by atoms with van der Waals surface area (Å²) in [5.74, 6) is -1.82. The number of nitrogens with two attached hydrogens (primary N) is 1. The Morgan fingerprint density at radius 1 is 1.33 bits per heavy atom. The van der Waals surface area contributed by atoms with E-state index in [1.54, 1.807) is 0 Å². The molecule has 0 aromatic heterocycles. The average Bonchev–Trinajstić information content (AvgIpc) is 3.08. The van der Waals surface area contributed by atoms with Gasteiger partial charge in [-0.1, -0.05) is 0 Å². The molecule has 0 heterocycles. The van der Waals surface area contributed by atoms with Gasteiger partial charge in [-0.3, -0.25) is 0 Å². The second kappa shape index (κ2) is 5.83. The quantitative estimate of drug-likeness (QED) is 0.796. The van der Waals surface area contributed by atoms with Gasteiger partial charge in [0, 0.05) is 25.5 Å². The molecule has 2 rings (SSSR count). The van der Waals surface area contributed by atoms with Crippen LogP contribution in [0.15, 0.2) is 0 Å². The van der Waals surface area contributed by atoms with Gasteiger partial charge in [-0.2, -0.15) is 0 Å². The Morgan fingerprint density at radius 3 is 2.61 bits per heavy atom. The summed E-state index contributed by atoms with van der Waals surface area (Å²) in [6.07, 6.45) is 4.74. The molecule has 3 atom stereocenters. The zero-order valence-electron chi connectivity index (χ0n) is 11.2. The van der Waals surface area contributed by atoms with Gasteiger partial charge in [-0.05, 0) is 50.9 Å². The summed E-state index contributed by atoms with van der Waals surface area (Å²) in [6, 6.07) is -0.0728. The minimum Gasteiger partial charge on any atom is -0.377 e. The molecule has 0 spiro atoms. The van der Waals surface area contributed by atoms with Crippen molar-refractivity contribution in [3.63, 3.8) is 0 Å². The van der Waals surface area contributed by atoms with Crippen LogP contribution in [0.1, 0.15) is 51.9 Å². The summed E-state index contributed by atoms with van der Waals surface area (Å²) in [4.78, 5) is 0. The fourth-order valence-corrected chi connectivity index (χ4v) is 3.22. The maximum Gasteiger partial charge on any atom is 0.248 e. The number of hydrogen-bond acceptors (Lipinski definition) is 2. The van der Waals surface area contributed by atoms with Crippen molar-refractivity contribution in [3.8, 4) is 0 Å². The minimum atomic E-state index is -2.47. The van der Waals surface area contributed by atoms with Gasteiger partial charge in [0.25, 0.3) is 0 Å². The maximum atomic E-state index is 13.4. The van der Waals surface area contributed by atoms with Gasteiger partial charge in [0.15, 0.2) is 0 Å².